The Hall–Kier alpha value is -2.19. The van der Waals surface area contributed by atoms with Crippen molar-refractivity contribution >= 4 is 13.1 Å². The minimum atomic E-state index is -1.35. The Kier molecular flexibility index (Phi) is 7.66. The lowest BCUT2D eigenvalue weighted by Gasteiger charge is -2.45. The molecule has 0 heterocycles. The number of carboxylic acid groups (broad SMARTS) is 1. The standard InChI is InChI=1S/C23H31BN2O4/c25-23(22(27)28,12-4-5-13-24(29)30)20-14-21(15-20)26-16-17-8-10-19(11-9-17)18-6-2-1-3-7-18/h1-3,6-11,20-21,26,29-30H,4-5,12-16,25H2,(H,27,28)/t20-,21+,23?. The molecule has 1 saturated carbocycles. The summed E-state index contributed by atoms with van der Waals surface area (Å²) in [5.41, 5.74) is 8.59. The number of benzene rings is 2. The molecule has 0 aliphatic heterocycles. The lowest BCUT2D eigenvalue weighted by Crippen LogP contribution is -2.61. The van der Waals surface area contributed by atoms with E-state index in [0.29, 0.717) is 19.3 Å². The Morgan fingerprint density at radius 2 is 1.67 bits per heavy atom. The summed E-state index contributed by atoms with van der Waals surface area (Å²) in [5.74, 6) is -1.03. The first-order valence-electron chi connectivity index (χ1n) is 10.6. The molecule has 7 heteroatoms. The maximum absolute atomic E-state index is 11.8. The highest BCUT2D eigenvalue weighted by Gasteiger charge is 2.47. The van der Waals surface area contributed by atoms with E-state index in [9.17, 15) is 9.90 Å². The van der Waals surface area contributed by atoms with Crippen LogP contribution in [-0.4, -0.2) is 39.8 Å². The minimum absolute atomic E-state index is 0.0630. The van der Waals surface area contributed by atoms with Gasteiger partial charge < -0.3 is 26.2 Å². The van der Waals surface area contributed by atoms with Crippen LogP contribution < -0.4 is 11.1 Å². The molecule has 0 radical (unpaired) electrons. The van der Waals surface area contributed by atoms with Crippen LogP contribution in [0.25, 0.3) is 11.1 Å². The molecule has 0 aromatic heterocycles. The number of carboxylic acids is 1. The summed E-state index contributed by atoms with van der Waals surface area (Å²) >= 11 is 0. The van der Waals surface area contributed by atoms with Gasteiger partial charge in [0.05, 0.1) is 0 Å². The maximum Gasteiger partial charge on any atom is 0.451 e. The van der Waals surface area contributed by atoms with E-state index in [1.807, 2.05) is 18.2 Å². The Balaban J connectivity index is 1.45. The maximum atomic E-state index is 11.8. The van der Waals surface area contributed by atoms with Crippen LogP contribution in [0.3, 0.4) is 0 Å². The number of aliphatic carboxylic acids is 1. The predicted molar refractivity (Wildman–Crippen MR) is 119 cm³/mol. The van der Waals surface area contributed by atoms with Crippen molar-refractivity contribution in [3.05, 3.63) is 60.2 Å². The second-order valence-corrected chi connectivity index (χ2v) is 8.38. The normalized spacial score (nSPS) is 20.2. The van der Waals surface area contributed by atoms with Gasteiger partial charge in [-0.05, 0) is 48.2 Å². The van der Waals surface area contributed by atoms with Gasteiger partial charge in [-0.3, -0.25) is 4.79 Å². The summed E-state index contributed by atoms with van der Waals surface area (Å²) < 4.78 is 0. The highest BCUT2D eigenvalue weighted by Crippen LogP contribution is 2.38. The predicted octanol–water partition coefficient (Wildman–Crippen LogP) is 2.65. The number of carbonyl (C=O) groups is 1. The van der Waals surface area contributed by atoms with Crippen LogP contribution in [0.2, 0.25) is 6.32 Å². The first-order valence-corrected chi connectivity index (χ1v) is 10.6. The van der Waals surface area contributed by atoms with Gasteiger partial charge >= 0.3 is 13.1 Å². The SMILES string of the molecule is NC(CCCCB(O)O)(C(=O)O)[C@H]1C[C@@H](NCc2ccc(-c3ccccc3)cc2)C1. The monoisotopic (exact) mass is 410 g/mol. The van der Waals surface area contributed by atoms with Gasteiger partial charge in [0.1, 0.15) is 5.54 Å². The third-order valence-corrected chi connectivity index (χ3v) is 6.22. The summed E-state index contributed by atoms with van der Waals surface area (Å²) in [6, 6.07) is 19.0. The number of rotatable bonds is 11. The molecule has 1 atom stereocenters. The van der Waals surface area contributed by atoms with Crippen molar-refractivity contribution in [1.29, 1.82) is 0 Å². The van der Waals surface area contributed by atoms with Crippen molar-refractivity contribution in [2.24, 2.45) is 11.7 Å². The van der Waals surface area contributed by atoms with Crippen LogP contribution in [0.5, 0.6) is 0 Å². The molecule has 0 saturated heterocycles. The number of hydrogen-bond acceptors (Lipinski definition) is 5. The molecule has 1 fully saturated rings. The van der Waals surface area contributed by atoms with E-state index in [1.165, 1.54) is 16.7 Å². The van der Waals surface area contributed by atoms with Crippen LogP contribution in [-0.2, 0) is 11.3 Å². The number of nitrogens with one attached hydrogen (secondary N) is 1. The molecular weight excluding hydrogens is 379 g/mol. The fourth-order valence-corrected chi connectivity index (χ4v) is 4.14. The molecule has 30 heavy (non-hydrogen) atoms. The van der Waals surface area contributed by atoms with E-state index in [2.05, 4.69) is 41.7 Å². The zero-order chi connectivity index (χ0) is 21.6. The van der Waals surface area contributed by atoms with E-state index in [0.717, 1.165) is 19.4 Å². The molecular formula is C23H31BN2O4. The summed E-state index contributed by atoms with van der Waals surface area (Å²) in [6.45, 7) is 0.742. The molecule has 160 valence electrons. The zero-order valence-electron chi connectivity index (χ0n) is 17.2. The van der Waals surface area contributed by atoms with Crippen molar-refractivity contribution in [2.45, 2.75) is 56.5 Å². The third kappa shape index (κ3) is 5.70. The highest BCUT2D eigenvalue weighted by atomic mass is 16.4. The molecule has 3 rings (SSSR count). The van der Waals surface area contributed by atoms with Crippen LogP contribution in [0.1, 0.15) is 37.7 Å². The van der Waals surface area contributed by atoms with E-state index < -0.39 is 18.6 Å². The third-order valence-electron chi connectivity index (χ3n) is 6.22. The van der Waals surface area contributed by atoms with Crippen LogP contribution in [0.15, 0.2) is 54.6 Å². The second kappa shape index (κ2) is 10.2. The van der Waals surface area contributed by atoms with Crippen LogP contribution >= 0.6 is 0 Å². The molecule has 1 unspecified atom stereocenters. The smallest absolute Gasteiger partial charge is 0.451 e. The van der Waals surface area contributed by atoms with Crippen molar-refractivity contribution < 1.29 is 19.9 Å². The molecule has 0 amide bonds. The first-order chi connectivity index (χ1) is 14.4. The Morgan fingerprint density at radius 3 is 2.27 bits per heavy atom. The molecule has 1 aliphatic carbocycles. The van der Waals surface area contributed by atoms with Crippen molar-refractivity contribution in [3.63, 3.8) is 0 Å². The van der Waals surface area contributed by atoms with Gasteiger partial charge in [-0.15, -0.1) is 0 Å². The Morgan fingerprint density at radius 1 is 1.03 bits per heavy atom. The average Bonchev–Trinajstić information content (AvgIpc) is 2.71. The van der Waals surface area contributed by atoms with E-state index in [1.54, 1.807) is 0 Å². The highest BCUT2D eigenvalue weighted by molar-refractivity contribution is 6.40. The van der Waals surface area contributed by atoms with Gasteiger partial charge in [0.25, 0.3) is 0 Å². The number of hydrogen-bond donors (Lipinski definition) is 5. The molecule has 0 spiro atoms. The number of unbranched alkanes of at least 4 members (excludes halogenated alkanes) is 1. The van der Waals surface area contributed by atoms with Crippen molar-refractivity contribution in [2.75, 3.05) is 0 Å². The molecule has 6 N–H and O–H groups in total. The van der Waals surface area contributed by atoms with Crippen LogP contribution in [0.4, 0.5) is 0 Å². The van der Waals surface area contributed by atoms with Crippen LogP contribution in [0, 0.1) is 5.92 Å². The number of nitrogens with two attached hydrogens (primary N) is 1. The Labute approximate surface area is 178 Å². The molecule has 0 bridgehead atoms. The van der Waals surface area contributed by atoms with Gasteiger partial charge in [0, 0.05) is 12.6 Å². The van der Waals surface area contributed by atoms with Gasteiger partial charge in [0.2, 0.25) is 0 Å². The van der Waals surface area contributed by atoms with E-state index in [-0.39, 0.29) is 18.3 Å². The van der Waals surface area contributed by atoms with E-state index in [4.69, 9.17) is 15.8 Å². The average molecular weight is 410 g/mol. The largest absolute Gasteiger partial charge is 0.480 e. The fourth-order valence-electron chi connectivity index (χ4n) is 4.14. The Bertz CT molecular complexity index is 810. The quantitative estimate of drug-likeness (QED) is 0.287. The van der Waals surface area contributed by atoms with Crippen molar-refractivity contribution in [3.8, 4) is 11.1 Å². The second-order valence-electron chi connectivity index (χ2n) is 8.38. The molecule has 2 aromatic carbocycles. The summed E-state index contributed by atoms with van der Waals surface area (Å²) in [4.78, 5) is 11.8. The zero-order valence-corrected chi connectivity index (χ0v) is 17.2. The van der Waals surface area contributed by atoms with Gasteiger partial charge in [-0.1, -0.05) is 67.4 Å². The summed E-state index contributed by atoms with van der Waals surface area (Å²) in [5, 5.41) is 31.0. The minimum Gasteiger partial charge on any atom is -0.480 e. The molecule has 1 aliphatic rings. The first kappa shape index (κ1) is 22.5. The van der Waals surface area contributed by atoms with Gasteiger partial charge in [-0.25, -0.2) is 0 Å². The van der Waals surface area contributed by atoms with Gasteiger partial charge in [0.15, 0.2) is 0 Å². The lowest BCUT2D eigenvalue weighted by molar-refractivity contribution is -0.148. The topological polar surface area (TPSA) is 116 Å². The molecule has 6 nitrogen and oxygen atoms in total. The summed E-state index contributed by atoms with van der Waals surface area (Å²) in [6.07, 6.45) is 3.21. The molecule has 2 aromatic rings. The summed E-state index contributed by atoms with van der Waals surface area (Å²) in [7, 11) is -1.35. The van der Waals surface area contributed by atoms with Gasteiger partial charge in [-0.2, -0.15) is 0 Å². The fraction of sp³-hybridized carbons (Fsp3) is 0.435. The lowest BCUT2D eigenvalue weighted by atomic mass is 9.66. The van der Waals surface area contributed by atoms with Crippen molar-refractivity contribution in [1.82, 2.24) is 5.32 Å². The van der Waals surface area contributed by atoms with E-state index >= 15 is 0 Å².